The van der Waals surface area contributed by atoms with Crippen LogP contribution in [0, 0.1) is 0 Å². The minimum atomic E-state index is -0.275. The molecule has 7 heteroatoms. The zero-order valence-corrected chi connectivity index (χ0v) is 15.3. The van der Waals surface area contributed by atoms with E-state index in [4.69, 9.17) is 11.6 Å². The number of rotatable bonds is 6. The van der Waals surface area contributed by atoms with Crippen LogP contribution in [0.15, 0.2) is 41.5 Å². The molecular weight excluding hydrogens is 352 g/mol. The van der Waals surface area contributed by atoms with Gasteiger partial charge in [-0.2, -0.15) is 0 Å². The highest BCUT2D eigenvalue weighted by atomic mass is 35.5. The molecule has 6 nitrogen and oxygen atoms in total. The van der Waals surface area contributed by atoms with Gasteiger partial charge < -0.3 is 10.6 Å². The van der Waals surface area contributed by atoms with Crippen molar-refractivity contribution in [1.29, 1.82) is 0 Å². The van der Waals surface area contributed by atoms with Gasteiger partial charge in [-0.25, -0.2) is 9.78 Å². The normalized spacial score (nSPS) is 14.3. The zero-order chi connectivity index (χ0) is 18.4. The molecule has 1 saturated carbocycles. The van der Waals surface area contributed by atoms with Crippen LogP contribution in [0.25, 0.3) is 0 Å². The SMILES string of the molecule is O=C(NCCn1cnc(C2CCCC2)cc1=O)NCc1ccc(Cl)cc1. The Morgan fingerprint density at radius 3 is 2.62 bits per heavy atom. The number of nitrogens with one attached hydrogen (secondary N) is 2. The maximum Gasteiger partial charge on any atom is 0.315 e. The van der Waals surface area contributed by atoms with Crippen LogP contribution in [0.1, 0.15) is 42.9 Å². The second-order valence-corrected chi connectivity index (χ2v) is 7.00. The van der Waals surface area contributed by atoms with E-state index in [-0.39, 0.29) is 11.6 Å². The Kier molecular flexibility index (Phi) is 6.28. The van der Waals surface area contributed by atoms with Crippen LogP contribution in [0.4, 0.5) is 4.79 Å². The van der Waals surface area contributed by atoms with Crippen LogP contribution < -0.4 is 16.2 Å². The third-order valence-electron chi connectivity index (χ3n) is 4.68. The molecule has 1 fully saturated rings. The first-order chi connectivity index (χ1) is 12.6. The molecule has 26 heavy (non-hydrogen) atoms. The quantitative estimate of drug-likeness (QED) is 0.815. The van der Waals surface area contributed by atoms with Crippen LogP contribution in [0.2, 0.25) is 5.02 Å². The van der Waals surface area contributed by atoms with Crippen molar-refractivity contribution in [3.8, 4) is 0 Å². The summed E-state index contributed by atoms with van der Waals surface area (Å²) in [4.78, 5) is 28.5. The summed E-state index contributed by atoms with van der Waals surface area (Å²) < 4.78 is 1.53. The van der Waals surface area contributed by atoms with Crippen LogP contribution in [0.5, 0.6) is 0 Å². The summed E-state index contributed by atoms with van der Waals surface area (Å²) in [6.07, 6.45) is 6.25. The Bertz CT molecular complexity index is 798. The van der Waals surface area contributed by atoms with Gasteiger partial charge in [-0.05, 0) is 30.5 Å². The van der Waals surface area contributed by atoms with E-state index in [1.54, 1.807) is 24.5 Å². The molecule has 0 spiro atoms. The van der Waals surface area contributed by atoms with E-state index < -0.39 is 0 Å². The van der Waals surface area contributed by atoms with Gasteiger partial charge in [-0.3, -0.25) is 9.36 Å². The van der Waals surface area contributed by atoms with Crippen LogP contribution in [0.3, 0.4) is 0 Å². The van der Waals surface area contributed by atoms with Crippen molar-refractivity contribution in [3.05, 3.63) is 63.3 Å². The van der Waals surface area contributed by atoms with Gasteiger partial charge in [0.25, 0.3) is 5.56 Å². The molecule has 0 saturated heterocycles. The lowest BCUT2D eigenvalue weighted by atomic mass is 10.0. The van der Waals surface area contributed by atoms with Crippen LogP contribution in [-0.4, -0.2) is 22.1 Å². The van der Waals surface area contributed by atoms with E-state index in [0.717, 1.165) is 24.1 Å². The molecule has 2 N–H and O–H groups in total. The summed E-state index contributed by atoms with van der Waals surface area (Å²) in [6, 6.07) is 8.65. The molecule has 2 aromatic rings. The molecular formula is C19H23ClN4O2. The first-order valence-electron chi connectivity index (χ1n) is 8.94. The molecule has 138 valence electrons. The fraction of sp³-hybridized carbons (Fsp3) is 0.421. The maximum absolute atomic E-state index is 12.2. The topological polar surface area (TPSA) is 76.0 Å². The third-order valence-corrected chi connectivity index (χ3v) is 4.93. The molecule has 0 unspecified atom stereocenters. The minimum Gasteiger partial charge on any atom is -0.336 e. The Hall–Kier alpha value is -2.34. The van der Waals surface area contributed by atoms with Crippen molar-refractivity contribution in [2.24, 2.45) is 0 Å². The van der Waals surface area contributed by atoms with Crippen LogP contribution >= 0.6 is 11.6 Å². The summed E-state index contributed by atoms with van der Waals surface area (Å²) in [5.74, 6) is 0.425. The highest BCUT2D eigenvalue weighted by molar-refractivity contribution is 6.30. The summed E-state index contributed by atoms with van der Waals surface area (Å²) in [7, 11) is 0. The van der Waals surface area contributed by atoms with Gasteiger partial charge in [0.15, 0.2) is 0 Å². The summed E-state index contributed by atoms with van der Waals surface area (Å²) in [5, 5.41) is 6.18. The average molecular weight is 375 g/mol. The predicted octanol–water partition coefficient (Wildman–Crippen LogP) is 3.05. The first kappa shape index (κ1) is 18.5. The number of urea groups is 1. The highest BCUT2D eigenvalue weighted by Crippen LogP contribution is 2.32. The third kappa shape index (κ3) is 5.08. The fourth-order valence-corrected chi connectivity index (χ4v) is 3.32. The molecule has 1 aromatic heterocycles. The fourth-order valence-electron chi connectivity index (χ4n) is 3.19. The number of carbonyl (C=O) groups is 1. The van der Waals surface area contributed by atoms with Crippen molar-refractivity contribution in [3.63, 3.8) is 0 Å². The number of hydrogen-bond acceptors (Lipinski definition) is 3. The maximum atomic E-state index is 12.2. The Morgan fingerprint density at radius 2 is 1.92 bits per heavy atom. The highest BCUT2D eigenvalue weighted by Gasteiger charge is 2.18. The Morgan fingerprint density at radius 1 is 1.19 bits per heavy atom. The van der Waals surface area contributed by atoms with Gasteiger partial charge in [0.2, 0.25) is 0 Å². The zero-order valence-electron chi connectivity index (χ0n) is 14.6. The number of amides is 2. The number of halogens is 1. The van der Waals surface area contributed by atoms with Crippen LogP contribution in [-0.2, 0) is 13.1 Å². The number of aromatic nitrogens is 2. The predicted molar refractivity (Wildman–Crippen MR) is 101 cm³/mol. The van der Waals surface area contributed by atoms with Gasteiger partial charge in [-0.1, -0.05) is 36.6 Å². The molecule has 1 heterocycles. The minimum absolute atomic E-state index is 0.0646. The van der Waals surface area contributed by atoms with Gasteiger partial charge in [-0.15, -0.1) is 0 Å². The first-order valence-corrected chi connectivity index (χ1v) is 9.32. The van der Waals surface area contributed by atoms with Gasteiger partial charge in [0.1, 0.15) is 0 Å². The summed E-state index contributed by atoms with van der Waals surface area (Å²) in [5.41, 5.74) is 1.80. The molecule has 0 radical (unpaired) electrons. The van der Waals surface area contributed by atoms with Crippen molar-refractivity contribution < 1.29 is 4.79 Å². The lowest BCUT2D eigenvalue weighted by molar-refractivity contribution is 0.240. The lowest BCUT2D eigenvalue weighted by Crippen LogP contribution is -2.38. The second kappa shape index (κ2) is 8.85. The molecule has 0 atom stereocenters. The van der Waals surface area contributed by atoms with Crippen molar-refractivity contribution in [2.75, 3.05) is 6.54 Å². The van der Waals surface area contributed by atoms with E-state index in [1.165, 1.54) is 17.4 Å². The average Bonchev–Trinajstić information content (AvgIpc) is 3.17. The Balaban J connectivity index is 1.43. The van der Waals surface area contributed by atoms with E-state index >= 15 is 0 Å². The Labute approximate surface area is 157 Å². The second-order valence-electron chi connectivity index (χ2n) is 6.56. The van der Waals surface area contributed by atoms with E-state index in [9.17, 15) is 9.59 Å². The molecule has 3 rings (SSSR count). The number of carbonyl (C=O) groups excluding carboxylic acids is 1. The molecule has 1 aliphatic rings. The lowest BCUT2D eigenvalue weighted by Gasteiger charge is -2.11. The van der Waals surface area contributed by atoms with E-state index in [0.29, 0.717) is 30.6 Å². The largest absolute Gasteiger partial charge is 0.336 e. The number of hydrogen-bond donors (Lipinski definition) is 2. The van der Waals surface area contributed by atoms with Gasteiger partial charge >= 0.3 is 6.03 Å². The summed E-state index contributed by atoms with van der Waals surface area (Å²) in [6.45, 7) is 1.17. The van der Waals surface area contributed by atoms with Gasteiger partial charge in [0.05, 0.1) is 12.0 Å². The van der Waals surface area contributed by atoms with Crippen molar-refractivity contribution in [1.82, 2.24) is 20.2 Å². The number of benzene rings is 1. The van der Waals surface area contributed by atoms with E-state index in [2.05, 4.69) is 15.6 Å². The van der Waals surface area contributed by atoms with Gasteiger partial charge in [0, 0.05) is 36.6 Å². The van der Waals surface area contributed by atoms with Crippen molar-refractivity contribution >= 4 is 17.6 Å². The standard InChI is InChI=1S/C19H23ClN4O2/c20-16-7-5-14(6-8-16)12-22-19(26)21-9-10-24-13-23-17(11-18(24)25)15-3-1-2-4-15/h5-8,11,13,15H,1-4,9-10,12H2,(H2,21,22,26). The summed E-state index contributed by atoms with van der Waals surface area (Å²) >= 11 is 5.83. The number of nitrogens with zero attached hydrogens (tertiary/aromatic N) is 2. The molecule has 1 aliphatic carbocycles. The van der Waals surface area contributed by atoms with Crippen molar-refractivity contribution in [2.45, 2.75) is 44.7 Å². The monoisotopic (exact) mass is 374 g/mol. The molecule has 1 aromatic carbocycles. The molecule has 0 aliphatic heterocycles. The smallest absolute Gasteiger partial charge is 0.315 e. The molecule has 0 bridgehead atoms. The molecule has 2 amide bonds. The van der Waals surface area contributed by atoms with E-state index in [1.807, 2.05) is 12.1 Å².